The lowest BCUT2D eigenvalue weighted by Crippen LogP contribution is -2.33. The van der Waals surface area contributed by atoms with Gasteiger partial charge in [-0.05, 0) is 54.8 Å². The molecule has 0 aliphatic rings. The van der Waals surface area contributed by atoms with E-state index in [4.69, 9.17) is 42.4 Å². The Kier molecular flexibility index (Phi) is 9.81. The number of imidazole rings is 1. The summed E-state index contributed by atoms with van der Waals surface area (Å²) in [6.07, 6.45) is 1.25. The summed E-state index contributed by atoms with van der Waals surface area (Å²) in [4.78, 5) is 20.6. The third kappa shape index (κ3) is 6.48. The molecule has 0 saturated heterocycles. The lowest BCUT2D eigenvalue weighted by Gasteiger charge is -2.24. The fraction of sp³-hybridized carbons (Fsp3) is 0.345. The molecule has 0 bridgehead atoms. The summed E-state index contributed by atoms with van der Waals surface area (Å²) in [7, 11) is 4.65. The SMILES string of the molecule is COc1ccc(Br)cc1Cc1c(CN(CCC(C)C)C(=O)c2ccc(OC)c(OC)c2Cl)nc2ccc(Cl)nn12. The molecule has 11 heteroatoms. The number of ether oxygens (including phenoxy) is 3. The Balaban J connectivity index is 1.80. The first-order valence-corrected chi connectivity index (χ1v) is 14.3. The maximum absolute atomic E-state index is 14.0. The van der Waals surface area contributed by atoms with Crippen molar-refractivity contribution >= 4 is 50.7 Å². The van der Waals surface area contributed by atoms with Crippen molar-refractivity contribution in [3.8, 4) is 17.2 Å². The number of benzene rings is 2. The number of hydrogen-bond donors (Lipinski definition) is 0. The molecule has 0 N–H and O–H groups in total. The maximum atomic E-state index is 14.0. The van der Waals surface area contributed by atoms with Crippen molar-refractivity contribution in [3.63, 3.8) is 0 Å². The van der Waals surface area contributed by atoms with E-state index < -0.39 is 0 Å². The summed E-state index contributed by atoms with van der Waals surface area (Å²) in [5.41, 5.74) is 3.39. The van der Waals surface area contributed by atoms with Crippen LogP contribution in [0.2, 0.25) is 10.2 Å². The Hall–Kier alpha value is -3.01. The van der Waals surface area contributed by atoms with Crippen LogP contribution in [0.1, 0.15) is 47.6 Å². The second-order valence-corrected chi connectivity index (χ2v) is 11.3. The summed E-state index contributed by atoms with van der Waals surface area (Å²) < 4.78 is 19.1. The molecule has 0 atom stereocenters. The molecule has 2 aromatic carbocycles. The highest BCUT2D eigenvalue weighted by molar-refractivity contribution is 9.10. The third-order valence-electron chi connectivity index (χ3n) is 6.54. The highest BCUT2D eigenvalue weighted by atomic mass is 79.9. The number of amides is 1. The Morgan fingerprint density at radius 2 is 1.75 bits per heavy atom. The van der Waals surface area contributed by atoms with Gasteiger partial charge in [0, 0.05) is 23.0 Å². The maximum Gasteiger partial charge on any atom is 0.255 e. The van der Waals surface area contributed by atoms with Gasteiger partial charge in [0.2, 0.25) is 0 Å². The number of methoxy groups -OCH3 is 3. The van der Waals surface area contributed by atoms with Crippen LogP contribution in [0, 0.1) is 5.92 Å². The van der Waals surface area contributed by atoms with Gasteiger partial charge >= 0.3 is 0 Å². The monoisotopic (exact) mass is 648 g/mol. The number of carbonyl (C=O) groups is 1. The number of aromatic nitrogens is 3. The van der Waals surface area contributed by atoms with Crippen molar-refractivity contribution in [1.29, 1.82) is 0 Å². The molecule has 1 amide bonds. The van der Waals surface area contributed by atoms with Crippen LogP contribution < -0.4 is 14.2 Å². The van der Waals surface area contributed by atoms with E-state index in [-0.39, 0.29) is 17.5 Å². The Bertz CT molecular complexity index is 1530. The first-order valence-electron chi connectivity index (χ1n) is 12.7. The van der Waals surface area contributed by atoms with E-state index in [0.29, 0.717) is 52.4 Å². The van der Waals surface area contributed by atoms with Gasteiger partial charge in [-0.15, -0.1) is 0 Å². The zero-order valence-corrected chi connectivity index (χ0v) is 26.1. The van der Waals surface area contributed by atoms with Gasteiger partial charge < -0.3 is 19.1 Å². The van der Waals surface area contributed by atoms with Gasteiger partial charge in [0.05, 0.1) is 49.8 Å². The number of rotatable bonds is 11. The average molecular weight is 650 g/mol. The van der Waals surface area contributed by atoms with Gasteiger partial charge in [-0.2, -0.15) is 5.10 Å². The fourth-order valence-corrected chi connectivity index (χ4v) is 5.30. The van der Waals surface area contributed by atoms with E-state index in [0.717, 1.165) is 27.9 Å². The minimum Gasteiger partial charge on any atom is -0.496 e. The summed E-state index contributed by atoms with van der Waals surface area (Å²) >= 11 is 16.5. The average Bonchev–Trinajstić information content (AvgIpc) is 3.26. The van der Waals surface area contributed by atoms with E-state index in [1.807, 2.05) is 24.3 Å². The van der Waals surface area contributed by atoms with Gasteiger partial charge in [-0.3, -0.25) is 4.79 Å². The predicted molar refractivity (Wildman–Crippen MR) is 160 cm³/mol. The molecular formula is C29H31BrCl2N4O4. The number of nitrogens with zero attached hydrogens (tertiary/aromatic N) is 4. The van der Waals surface area contributed by atoms with Crippen LogP contribution in [0.4, 0.5) is 0 Å². The molecule has 0 aliphatic carbocycles. The molecule has 2 aromatic heterocycles. The summed E-state index contributed by atoms with van der Waals surface area (Å²) in [5.74, 6) is 1.64. The smallest absolute Gasteiger partial charge is 0.255 e. The van der Waals surface area contributed by atoms with E-state index in [2.05, 4.69) is 34.9 Å². The van der Waals surface area contributed by atoms with Crippen LogP contribution in [-0.2, 0) is 13.0 Å². The zero-order chi connectivity index (χ0) is 29.0. The number of halogens is 3. The van der Waals surface area contributed by atoms with Crippen LogP contribution in [0.15, 0.2) is 46.9 Å². The Labute approximate surface area is 252 Å². The molecular weight excluding hydrogens is 619 g/mol. The van der Waals surface area contributed by atoms with Crippen molar-refractivity contribution in [2.24, 2.45) is 5.92 Å². The van der Waals surface area contributed by atoms with Crippen LogP contribution >= 0.6 is 39.1 Å². The molecule has 40 heavy (non-hydrogen) atoms. The van der Waals surface area contributed by atoms with Gasteiger partial charge in [0.1, 0.15) is 10.9 Å². The minimum absolute atomic E-state index is 0.198. The van der Waals surface area contributed by atoms with Crippen LogP contribution in [0.3, 0.4) is 0 Å². The van der Waals surface area contributed by atoms with Gasteiger partial charge in [0.15, 0.2) is 17.1 Å². The second-order valence-electron chi connectivity index (χ2n) is 9.64. The van der Waals surface area contributed by atoms with E-state index in [1.165, 1.54) is 14.2 Å². The number of carbonyl (C=O) groups excluding carboxylic acids is 1. The topological polar surface area (TPSA) is 78.2 Å². The van der Waals surface area contributed by atoms with E-state index in [9.17, 15) is 4.79 Å². The highest BCUT2D eigenvalue weighted by Crippen LogP contribution is 2.38. The van der Waals surface area contributed by atoms with Gasteiger partial charge in [-0.1, -0.05) is 53.0 Å². The van der Waals surface area contributed by atoms with Crippen LogP contribution in [0.25, 0.3) is 5.65 Å². The van der Waals surface area contributed by atoms with Gasteiger partial charge in [0.25, 0.3) is 5.91 Å². The summed E-state index contributed by atoms with van der Waals surface area (Å²) in [6, 6.07) is 12.7. The van der Waals surface area contributed by atoms with Crippen LogP contribution in [-0.4, -0.2) is 53.3 Å². The van der Waals surface area contributed by atoms with Crippen molar-refractivity contribution in [3.05, 3.63) is 79.6 Å². The zero-order valence-electron chi connectivity index (χ0n) is 23.0. The molecule has 2 heterocycles. The third-order valence-corrected chi connectivity index (χ3v) is 7.61. The molecule has 4 aromatic rings. The number of hydrogen-bond acceptors (Lipinski definition) is 6. The lowest BCUT2D eigenvalue weighted by atomic mass is 10.1. The second kappa shape index (κ2) is 13.1. The largest absolute Gasteiger partial charge is 0.496 e. The van der Waals surface area contributed by atoms with Crippen molar-refractivity contribution < 1.29 is 19.0 Å². The summed E-state index contributed by atoms with van der Waals surface area (Å²) in [6.45, 7) is 4.98. The predicted octanol–water partition coefficient (Wildman–Crippen LogP) is 7.10. The minimum atomic E-state index is -0.236. The normalized spacial score (nSPS) is 11.2. The van der Waals surface area contributed by atoms with Crippen molar-refractivity contribution in [1.82, 2.24) is 19.5 Å². The molecule has 4 rings (SSSR count). The molecule has 0 aliphatic heterocycles. The molecule has 0 saturated carbocycles. The van der Waals surface area contributed by atoms with E-state index >= 15 is 0 Å². The first kappa shape index (κ1) is 30.0. The molecule has 212 valence electrons. The standard InChI is InChI=1S/C29H31BrCl2N4O4/c1-17(2)12-13-35(29(37)20-7-9-24(39-4)28(40-5)27(20)32)16-21-22(36-26(33-21)11-10-25(31)34-36)15-18-14-19(30)6-8-23(18)38-3/h6-11,14,17H,12-13,15-16H2,1-5H3. The van der Waals surface area contributed by atoms with Crippen molar-refractivity contribution in [2.75, 3.05) is 27.9 Å². The lowest BCUT2D eigenvalue weighted by molar-refractivity contribution is 0.0733. The molecule has 0 radical (unpaired) electrons. The van der Waals surface area contributed by atoms with Gasteiger partial charge in [-0.25, -0.2) is 9.50 Å². The fourth-order valence-electron chi connectivity index (χ4n) is 4.44. The van der Waals surface area contributed by atoms with E-state index in [1.54, 1.807) is 34.7 Å². The summed E-state index contributed by atoms with van der Waals surface area (Å²) in [5, 5.41) is 5.06. The first-order chi connectivity index (χ1) is 19.2. The molecule has 0 spiro atoms. The molecule has 0 unspecified atom stereocenters. The number of fused-ring (bicyclic) bond motifs is 1. The highest BCUT2D eigenvalue weighted by Gasteiger charge is 2.26. The molecule has 8 nitrogen and oxygen atoms in total. The quantitative estimate of drug-likeness (QED) is 0.172. The molecule has 0 fully saturated rings. The Morgan fingerprint density at radius 3 is 2.42 bits per heavy atom. The van der Waals surface area contributed by atoms with Crippen molar-refractivity contribution in [2.45, 2.75) is 33.2 Å². The van der Waals surface area contributed by atoms with Crippen LogP contribution in [0.5, 0.6) is 17.2 Å². The Morgan fingerprint density at radius 1 is 1.02 bits per heavy atom.